The Morgan fingerprint density at radius 1 is 1.54 bits per heavy atom. The molecule has 0 aliphatic heterocycles. The topological polar surface area (TPSA) is 33.0 Å². The SMILES string of the molecule is COc1ccc2c(c1)[C@H](C#N)CC2. The van der Waals surface area contributed by atoms with Gasteiger partial charge in [0.25, 0.3) is 0 Å². The first-order valence-electron chi connectivity index (χ1n) is 4.41. The van der Waals surface area contributed by atoms with E-state index >= 15 is 0 Å². The van der Waals surface area contributed by atoms with Crippen LogP contribution in [0.5, 0.6) is 5.75 Å². The quantitative estimate of drug-likeness (QED) is 0.652. The molecule has 13 heavy (non-hydrogen) atoms. The van der Waals surface area contributed by atoms with E-state index in [9.17, 15) is 0 Å². The van der Waals surface area contributed by atoms with Crippen molar-refractivity contribution < 1.29 is 4.74 Å². The van der Waals surface area contributed by atoms with E-state index in [2.05, 4.69) is 12.1 Å². The number of aryl methyl sites for hydroxylation is 1. The van der Waals surface area contributed by atoms with Gasteiger partial charge >= 0.3 is 0 Å². The molecule has 2 heteroatoms. The maximum absolute atomic E-state index is 8.89. The summed E-state index contributed by atoms with van der Waals surface area (Å²) in [5, 5.41) is 8.89. The highest BCUT2D eigenvalue weighted by Crippen LogP contribution is 2.34. The van der Waals surface area contributed by atoms with E-state index in [0.717, 1.165) is 24.2 Å². The van der Waals surface area contributed by atoms with Crippen molar-refractivity contribution in [2.24, 2.45) is 0 Å². The van der Waals surface area contributed by atoms with Crippen molar-refractivity contribution in [2.45, 2.75) is 18.8 Å². The number of hydrogen-bond donors (Lipinski definition) is 0. The van der Waals surface area contributed by atoms with Gasteiger partial charge in [-0.15, -0.1) is 0 Å². The molecule has 0 aromatic heterocycles. The molecule has 66 valence electrons. The molecule has 1 aromatic carbocycles. The second kappa shape index (κ2) is 3.10. The molecular formula is C11H11NO. The van der Waals surface area contributed by atoms with Crippen LogP contribution in [-0.4, -0.2) is 7.11 Å². The molecule has 0 bridgehead atoms. The van der Waals surface area contributed by atoms with Gasteiger partial charge in [0.15, 0.2) is 0 Å². The van der Waals surface area contributed by atoms with Gasteiger partial charge in [0, 0.05) is 0 Å². The highest BCUT2D eigenvalue weighted by Gasteiger charge is 2.22. The van der Waals surface area contributed by atoms with Crippen LogP contribution >= 0.6 is 0 Å². The molecule has 2 rings (SSSR count). The summed E-state index contributed by atoms with van der Waals surface area (Å²) in [6.07, 6.45) is 1.98. The monoisotopic (exact) mass is 173 g/mol. The summed E-state index contributed by atoms with van der Waals surface area (Å²) in [5.41, 5.74) is 2.45. The predicted molar refractivity (Wildman–Crippen MR) is 49.7 cm³/mol. The molecular weight excluding hydrogens is 162 g/mol. The Morgan fingerprint density at radius 3 is 3.08 bits per heavy atom. The van der Waals surface area contributed by atoms with Crippen molar-refractivity contribution in [2.75, 3.05) is 7.11 Å². The highest BCUT2D eigenvalue weighted by atomic mass is 16.5. The lowest BCUT2D eigenvalue weighted by atomic mass is 10.0. The standard InChI is InChI=1S/C11H11NO/c1-13-10-5-4-8-2-3-9(7-12)11(8)6-10/h4-6,9H,2-3H2,1H3/t9-/m0/s1. The van der Waals surface area contributed by atoms with Gasteiger partial charge in [0.2, 0.25) is 0 Å². The Hall–Kier alpha value is -1.49. The number of methoxy groups -OCH3 is 1. The van der Waals surface area contributed by atoms with E-state index in [0.29, 0.717) is 0 Å². The number of nitrogens with zero attached hydrogens (tertiary/aromatic N) is 1. The fourth-order valence-corrected chi connectivity index (χ4v) is 1.84. The van der Waals surface area contributed by atoms with Crippen molar-refractivity contribution in [3.8, 4) is 11.8 Å². The average molecular weight is 173 g/mol. The van der Waals surface area contributed by atoms with Gasteiger partial charge in [0.1, 0.15) is 5.75 Å². The normalized spacial score (nSPS) is 19.2. The van der Waals surface area contributed by atoms with Crippen molar-refractivity contribution in [3.05, 3.63) is 29.3 Å². The molecule has 0 spiro atoms. The molecule has 0 unspecified atom stereocenters. The van der Waals surface area contributed by atoms with Crippen LogP contribution < -0.4 is 4.74 Å². The van der Waals surface area contributed by atoms with Gasteiger partial charge in [0.05, 0.1) is 19.1 Å². The van der Waals surface area contributed by atoms with Crippen LogP contribution in [-0.2, 0) is 6.42 Å². The minimum absolute atomic E-state index is 0.0742. The van der Waals surface area contributed by atoms with Gasteiger partial charge in [-0.2, -0.15) is 5.26 Å². The fourth-order valence-electron chi connectivity index (χ4n) is 1.84. The van der Waals surface area contributed by atoms with Crippen LogP contribution in [0.25, 0.3) is 0 Å². The first kappa shape index (κ1) is 8.12. The molecule has 1 atom stereocenters. The van der Waals surface area contributed by atoms with Gasteiger partial charge in [-0.1, -0.05) is 6.07 Å². The average Bonchev–Trinajstić information content (AvgIpc) is 2.59. The summed E-state index contributed by atoms with van der Waals surface area (Å²) < 4.78 is 5.12. The van der Waals surface area contributed by atoms with Crippen molar-refractivity contribution >= 4 is 0 Å². The molecule has 0 radical (unpaired) electrons. The number of fused-ring (bicyclic) bond motifs is 1. The van der Waals surface area contributed by atoms with E-state index in [4.69, 9.17) is 10.00 Å². The van der Waals surface area contributed by atoms with Crippen LogP contribution in [0.4, 0.5) is 0 Å². The number of ether oxygens (including phenoxy) is 1. The third kappa shape index (κ3) is 1.27. The van der Waals surface area contributed by atoms with Gasteiger partial charge < -0.3 is 4.74 Å². The molecule has 0 amide bonds. The Labute approximate surface area is 77.8 Å². The molecule has 0 saturated heterocycles. The zero-order chi connectivity index (χ0) is 9.26. The van der Waals surface area contributed by atoms with Gasteiger partial charge in [-0.05, 0) is 36.1 Å². The molecule has 0 N–H and O–H groups in total. The van der Waals surface area contributed by atoms with Crippen LogP contribution in [0.1, 0.15) is 23.5 Å². The second-order valence-electron chi connectivity index (χ2n) is 3.29. The zero-order valence-electron chi connectivity index (χ0n) is 7.58. The summed E-state index contributed by atoms with van der Waals surface area (Å²) in [5.74, 6) is 0.922. The second-order valence-corrected chi connectivity index (χ2v) is 3.29. The summed E-state index contributed by atoms with van der Waals surface area (Å²) in [7, 11) is 1.65. The lowest BCUT2D eigenvalue weighted by molar-refractivity contribution is 0.414. The van der Waals surface area contributed by atoms with Crippen LogP contribution in [0.15, 0.2) is 18.2 Å². The summed E-state index contributed by atoms with van der Waals surface area (Å²) >= 11 is 0. The zero-order valence-corrected chi connectivity index (χ0v) is 7.58. The first-order valence-corrected chi connectivity index (χ1v) is 4.41. The summed E-state index contributed by atoms with van der Waals surface area (Å²) in [6, 6.07) is 8.32. The van der Waals surface area contributed by atoms with E-state index in [-0.39, 0.29) is 5.92 Å². The molecule has 2 nitrogen and oxygen atoms in total. The molecule has 1 aliphatic rings. The Bertz CT molecular complexity index is 365. The van der Waals surface area contributed by atoms with Crippen molar-refractivity contribution in [1.82, 2.24) is 0 Å². The number of rotatable bonds is 1. The summed E-state index contributed by atoms with van der Waals surface area (Å²) in [4.78, 5) is 0. The molecule has 1 aliphatic carbocycles. The fraction of sp³-hybridized carbons (Fsp3) is 0.364. The van der Waals surface area contributed by atoms with Crippen molar-refractivity contribution in [1.29, 1.82) is 5.26 Å². The lowest BCUT2D eigenvalue weighted by Crippen LogP contribution is -1.90. The molecule has 0 fully saturated rings. The van der Waals surface area contributed by atoms with E-state index in [1.54, 1.807) is 7.11 Å². The maximum Gasteiger partial charge on any atom is 0.119 e. The molecule has 0 saturated carbocycles. The van der Waals surface area contributed by atoms with E-state index in [1.807, 2.05) is 12.1 Å². The highest BCUT2D eigenvalue weighted by molar-refractivity contribution is 5.43. The number of benzene rings is 1. The largest absolute Gasteiger partial charge is 0.497 e. The Morgan fingerprint density at radius 2 is 2.38 bits per heavy atom. The van der Waals surface area contributed by atoms with Crippen molar-refractivity contribution in [3.63, 3.8) is 0 Å². The molecule has 0 heterocycles. The van der Waals surface area contributed by atoms with Gasteiger partial charge in [-0.25, -0.2) is 0 Å². The van der Waals surface area contributed by atoms with E-state index < -0.39 is 0 Å². The van der Waals surface area contributed by atoms with Gasteiger partial charge in [-0.3, -0.25) is 0 Å². The van der Waals surface area contributed by atoms with E-state index in [1.165, 1.54) is 5.56 Å². The third-order valence-corrected chi connectivity index (χ3v) is 2.59. The smallest absolute Gasteiger partial charge is 0.119 e. The van der Waals surface area contributed by atoms with Crippen LogP contribution in [0.2, 0.25) is 0 Å². The predicted octanol–water partition coefficient (Wildman–Crippen LogP) is 2.25. The first-order chi connectivity index (χ1) is 6.35. The Balaban J connectivity index is 2.44. The number of nitriles is 1. The third-order valence-electron chi connectivity index (χ3n) is 2.59. The maximum atomic E-state index is 8.89. The number of hydrogen-bond acceptors (Lipinski definition) is 2. The minimum Gasteiger partial charge on any atom is -0.497 e. The minimum atomic E-state index is 0.0742. The van der Waals surface area contributed by atoms with Crippen LogP contribution in [0.3, 0.4) is 0 Å². The summed E-state index contributed by atoms with van der Waals surface area (Å²) in [6.45, 7) is 0. The Kier molecular flexibility index (Phi) is 1.94. The molecule has 1 aromatic rings. The van der Waals surface area contributed by atoms with Crippen LogP contribution in [0, 0.1) is 11.3 Å². The lowest BCUT2D eigenvalue weighted by Gasteiger charge is -2.04.